The fourth-order valence-electron chi connectivity index (χ4n) is 2.02. The molecule has 0 amide bonds. The van der Waals surface area contributed by atoms with Crippen LogP contribution in [0.1, 0.15) is 17.8 Å². The van der Waals surface area contributed by atoms with Gasteiger partial charge in [-0.3, -0.25) is 4.57 Å². The summed E-state index contributed by atoms with van der Waals surface area (Å²) >= 11 is 0. The van der Waals surface area contributed by atoms with E-state index in [1.807, 2.05) is 30.3 Å². The second-order valence-electron chi connectivity index (χ2n) is 4.83. The summed E-state index contributed by atoms with van der Waals surface area (Å²) in [5, 5.41) is 0. The van der Waals surface area contributed by atoms with Crippen LogP contribution >= 0.6 is 0 Å². The van der Waals surface area contributed by atoms with Crippen molar-refractivity contribution < 1.29 is 4.74 Å². The number of nitrogens with zero attached hydrogens (tertiary/aromatic N) is 3. The monoisotopic (exact) mass is 289 g/mol. The molecule has 0 radical (unpaired) electrons. The zero-order valence-corrected chi connectivity index (χ0v) is 12.3. The van der Waals surface area contributed by atoms with E-state index in [4.69, 9.17) is 4.74 Å². The van der Waals surface area contributed by atoms with Gasteiger partial charge in [-0.1, -0.05) is 30.3 Å². The van der Waals surface area contributed by atoms with E-state index in [-0.39, 0.29) is 5.69 Å². The Kier molecular flexibility index (Phi) is 5.05. The third-order valence-electron chi connectivity index (χ3n) is 3.23. The van der Waals surface area contributed by atoms with Crippen molar-refractivity contribution in [1.82, 2.24) is 14.1 Å². The lowest BCUT2D eigenvalue weighted by Gasteiger charge is -2.10. The summed E-state index contributed by atoms with van der Waals surface area (Å²) in [4.78, 5) is 27.1. The Morgan fingerprint density at radius 3 is 2.62 bits per heavy atom. The van der Waals surface area contributed by atoms with Crippen LogP contribution in [0.3, 0.4) is 0 Å². The van der Waals surface area contributed by atoms with E-state index < -0.39 is 5.69 Å². The lowest BCUT2D eigenvalue weighted by molar-refractivity contribution is 0.115. The molecule has 0 bridgehead atoms. The Hall–Kier alpha value is -2.21. The van der Waals surface area contributed by atoms with E-state index in [0.29, 0.717) is 32.0 Å². The topological polar surface area (TPSA) is 66.1 Å². The third kappa shape index (κ3) is 3.88. The average Bonchev–Trinajstić information content (AvgIpc) is 2.49. The van der Waals surface area contributed by atoms with Gasteiger partial charge in [0, 0.05) is 20.2 Å². The van der Waals surface area contributed by atoms with Crippen LogP contribution in [0, 0.1) is 6.92 Å². The number of benzene rings is 1. The van der Waals surface area contributed by atoms with E-state index >= 15 is 0 Å². The molecular formula is C15H19N3O3. The SMILES string of the molecule is Cc1nc(=O)n(C)c(=O)n1CCCOCc1ccccc1. The summed E-state index contributed by atoms with van der Waals surface area (Å²) in [6.45, 7) is 3.25. The highest BCUT2D eigenvalue weighted by atomic mass is 16.5. The molecule has 0 aliphatic heterocycles. The van der Waals surface area contributed by atoms with Gasteiger partial charge in [-0.25, -0.2) is 14.2 Å². The first kappa shape index (κ1) is 15.2. The molecule has 1 aromatic carbocycles. The summed E-state index contributed by atoms with van der Waals surface area (Å²) in [5.74, 6) is 0.436. The van der Waals surface area contributed by atoms with E-state index in [9.17, 15) is 9.59 Å². The summed E-state index contributed by atoms with van der Waals surface area (Å²) in [6, 6.07) is 9.91. The largest absolute Gasteiger partial charge is 0.377 e. The number of aromatic nitrogens is 3. The Bertz CT molecular complexity index is 704. The lowest BCUT2D eigenvalue weighted by Crippen LogP contribution is -2.41. The highest BCUT2D eigenvalue weighted by Gasteiger charge is 2.06. The third-order valence-corrected chi connectivity index (χ3v) is 3.23. The second kappa shape index (κ2) is 6.99. The number of ether oxygens (including phenoxy) is 1. The first-order chi connectivity index (χ1) is 10.1. The number of aryl methyl sites for hydroxylation is 1. The maximum absolute atomic E-state index is 11.9. The van der Waals surface area contributed by atoms with Gasteiger partial charge in [0.25, 0.3) is 0 Å². The van der Waals surface area contributed by atoms with Crippen LogP contribution in [-0.4, -0.2) is 20.7 Å². The van der Waals surface area contributed by atoms with Crippen molar-refractivity contribution in [3.8, 4) is 0 Å². The molecule has 0 fully saturated rings. The molecule has 0 saturated heterocycles. The summed E-state index contributed by atoms with van der Waals surface area (Å²) in [7, 11) is 1.43. The Labute approximate surface area is 122 Å². The highest BCUT2D eigenvalue weighted by Crippen LogP contribution is 2.01. The van der Waals surface area contributed by atoms with Crippen molar-refractivity contribution in [1.29, 1.82) is 0 Å². The van der Waals surface area contributed by atoms with Crippen molar-refractivity contribution >= 4 is 0 Å². The first-order valence-corrected chi connectivity index (χ1v) is 6.85. The van der Waals surface area contributed by atoms with Gasteiger partial charge >= 0.3 is 11.4 Å². The van der Waals surface area contributed by atoms with Crippen LogP contribution in [0.2, 0.25) is 0 Å². The van der Waals surface area contributed by atoms with Gasteiger partial charge in [0.15, 0.2) is 0 Å². The molecule has 6 nitrogen and oxygen atoms in total. The molecule has 1 aromatic heterocycles. The lowest BCUT2D eigenvalue weighted by atomic mass is 10.2. The van der Waals surface area contributed by atoms with Crippen molar-refractivity contribution in [2.75, 3.05) is 6.61 Å². The molecule has 21 heavy (non-hydrogen) atoms. The number of rotatable bonds is 6. The summed E-state index contributed by atoms with van der Waals surface area (Å²) in [5.41, 5.74) is 0.263. The van der Waals surface area contributed by atoms with Crippen LogP contribution in [0.5, 0.6) is 0 Å². The minimum atomic E-state index is -0.519. The maximum Gasteiger partial charge on any atom is 0.353 e. The zero-order valence-electron chi connectivity index (χ0n) is 12.3. The molecule has 0 atom stereocenters. The number of hydrogen-bond acceptors (Lipinski definition) is 4. The summed E-state index contributed by atoms with van der Waals surface area (Å²) in [6.07, 6.45) is 0.688. The van der Waals surface area contributed by atoms with Crippen molar-refractivity contribution in [3.63, 3.8) is 0 Å². The van der Waals surface area contributed by atoms with Gasteiger partial charge in [0.05, 0.1) is 6.61 Å². The standard InChI is InChI=1S/C15H19N3O3/c1-12-16-14(19)17(2)15(20)18(12)9-6-10-21-11-13-7-4-3-5-8-13/h3-5,7-8H,6,9-11H2,1-2H3. The molecule has 0 N–H and O–H groups in total. The highest BCUT2D eigenvalue weighted by molar-refractivity contribution is 5.13. The Morgan fingerprint density at radius 1 is 1.19 bits per heavy atom. The molecule has 112 valence electrons. The average molecular weight is 289 g/mol. The molecule has 0 spiro atoms. The fraction of sp³-hybridized carbons (Fsp3) is 0.400. The van der Waals surface area contributed by atoms with Crippen LogP contribution in [0.25, 0.3) is 0 Å². The Balaban J connectivity index is 1.86. The van der Waals surface area contributed by atoms with Crippen molar-refractivity contribution in [3.05, 3.63) is 62.7 Å². The predicted octanol–water partition coefficient (Wildman–Crippen LogP) is 0.857. The second-order valence-corrected chi connectivity index (χ2v) is 4.83. The maximum atomic E-state index is 11.9. The van der Waals surface area contributed by atoms with E-state index in [1.165, 1.54) is 11.6 Å². The van der Waals surface area contributed by atoms with Gasteiger partial charge in [-0.15, -0.1) is 0 Å². The molecule has 0 aliphatic carbocycles. The van der Waals surface area contributed by atoms with Crippen LogP contribution in [0.15, 0.2) is 39.9 Å². The number of hydrogen-bond donors (Lipinski definition) is 0. The molecule has 2 aromatic rings. The van der Waals surface area contributed by atoms with Crippen LogP contribution < -0.4 is 11.4 Å². The van der Waals surface area contributed by atoms with Crippen molar-refractivity contribution in [2.24, 2.45) is 7.05 Å². The normalized spacial score (nSPS) is 10.8. The van der Waals surface area contributed by atoms with Crippen LogP contribution in [-0.2, 0) is 24.9 Å². The summed E-state index contributed by atoms with van der Waals surface area (Å²) < 4.78 is 8.08. The predicted molar refractivity (Wildman–Crippen MR) is 79.2 cm³/mol. The van der Waals surface area contributed by atoms with Gasteiger partial charge in [-0.2, -0.15) is 4.98 Å². The molecule has 0 saturated carbocycles. The first-order valence-electron chi connectivity index (χ1n) is 6.85. The Morgan fingerprint density at radius 2 is 1.90 bits per heavy atom. The smallest absolute Gasteiger partial charge is 0.353 e. The molecule has 1 heterocycles. The molecule has 2 rings (SSSR count). The van der Waals surface area contributed by atoms with Gasteiger partial charge < -0.3 is 4.74 Å². The molecule has 6 heteroatoms. The molecule has 0 unspecified atom stereocenters. The molecular weight excluding hydrogens is 270 g/mol. The zero-order chi connectivity index (χ0) is 15.2. The fourth-order valence-corrected chi connectivity index (χ4v) is 2.02. The van der Waals surface area contributed by atoms with Gasteiger partial charge in [0.2, 0.25) is 0 Å². The minimum Gasteiger partial charge on any atom is -0.377 e. The van der Waals surface area contributed by atoms with E-state index in [2.05, 4.69) is 4.98 Å². The van der Waals surface area contributed by atoms with Gasteiger partial charge in [-0.05, 0) is 18.9 Å². The van der Waals surface area contributed by atoms with Crippen LogP contribution in [0.4, 0.5) is 0 Å². The minimum absolute atomic E-state index is 0.337. The van der Waals surface area contributed by atoms with E-state index in [1.54, 1.807) is 6.92 Å². The molecule has 0 aliphatic rings. The van der Waals surface area contributed by atoms with E-state index in [0.717, 1.165) is 10.1 Å². The quantitative estimate of drug-likeness (QED) is 0.740. The van der Waals surface area contributed by atoms with Gasteiger partial charge in [0.1, 0.15) is 5.82 Å². The van der Waals surface area contributed by atoms with Crippen molar-refractivity contribution in [2.45, 2.75) is 26.5 Å².